The van der Waals surface area contributed by atoms with Gasteiger partial charge in [-0.3, -0.25) is 9.69 Å². The number of likely N-dealkylation sites (tertiary alicyclic amines) is 1. The van der Waals surface area contributed by atoms with E-state index in [0.29, 0.717) is 49.5 Å². The van der Waals surface area contributed by atoms with E-state index in [9.17, 15) is 9.90 Å². The normalized spacial score (nSPS) is 28.5. The molecule has 2 saturated heterocycles. The lowest BCUT2D eigenvalue weighted by atomic mass is 9.78. The number of ether oxygens (including phenoxy) is 2. The number of aryl methyl sites for hydroxylation is 1. The number of fused-ring (bicyclic) bond motifs is 1. The third-order valence-corrected chi connectivity index (χ3v) is 7.00. The maximum Gasteiger partial charge on any atom is 0.254 e. The molecule has 172 valence electrons. The Bertz CT molecular complexity index is 944. The number of carbonyl (C=O) groups excluding carboxylic acids is 1. The first kappa shape index (κ1) is 21.4. The van der Waals surface area contributed by atoms with Crippen LogP contribution in [0.4, 0.5) is 0 Å². The molecule has 2 aliphatic heterocycles. The van der Waals surface area contributed by atoms with E-state index in [0.717, 1.165) is 38.3 Å². The third kappa shape index (κ3) is 4.51. The van der Waals surface area contributed by atoms with Crippen LogP contribution >= 0.6 is 0 Å². The lowest BCUT2D eigenvalue weighted by molar-refractivity contribution is -0.0231. The van der Waals surface area contributed by atoms with E-state index in [1.807, 2.05) is 34.7 Å². The number of carbonyl (C=O) groups is 1. The van der Waals surface area contributed by atoms with Crippen molar-refractivity contribution in [3.8, 4) is 5.75 Å². The number of aliphatic hydroxyl groups is 1. The van der Waals surface area contributed by atoms with Crippen molar-refractivity contribution in [2.45, 2.75) is 31.6 Å². The number of amides is 1. The molecule has 9 heteroatoms. The summed E-state index contributed by atoms with van der Waals surface area (Å²) in [6, 6.07) is 7.33. The summed E-state index contributed by atoms with van der Waals surface area (Å²) >= 11 is 0. The summed E-state index contributed by atoms with van der Waals surface area (Å²) in [6.07, 6.45) is 2.49. The molecular formula is C23H31N5O4. The number of rotatable bonds is 5. The minimum absolute atomic E-state index is 0.00165. The lowest BCUT2D eigenvalue weighted by Gasteiger charge is -2.35. The molecule has 0 radical (unpaired) electrons. The predicted octanol–water partition coefficient (Wildman–Crippen LogP) is 0.938. The van der Waals surface area contributed by atoms with Crippen LogP contribution in [-0.4, -0.2) is 87.2 Å². The Balaban J connectivity index is 1.21. The van der Waals surface area contributed by atoms with Crippen molar-refractivity contribution in [3.63, 3.8) is 0 Å². The van der Waals surface area contributed by atoms with Crippen LogP contribution < -0.4 is 4.74 Å². The first-order valence-corrected chi connectivity index (χ1v) is 11.4. The van der Waals surface area contributed by atoms with Gasteiger partial charge in [0.2, 0.25) is 0 Å². The Hall–Kier alpha value is -2.49. The van der Waals surface area contributed by atoms with E-state index < -0.39 is 6.10 Å². The third-order valence-electron chi connectivity index (χ3n) is 7.00. The van der Waals surface area contributed by atoms with Gasteiger partial charge in [-0.1, -0.05) is 6.07 Å². The first-order chi connectivity index (χ1) is 15.6. The van der Waals surface area contributed by atoms with Gasteiger partial charge in [0.05, 0.1) is 25.9 Å². The number of hydrogen-bond donors (Lipinski definition) is 1. The van der Waals surface area contributed by atoms with Gasteiger partial charge in [-0.25, -0.2) is 0 Å². The number of nitrogens with zero attached hydrogens (tertiary/aromatic N) is 5. The smallest absolute Gasteiger partial charge is 0.254 e. The molecule has 2 aromatic rings. The van der Waals surface area contributed by atoms with Gasteiger partial charge in [-0.05, 0) is 42.9 Å². The molecule has 1 N–H and O–H groups in total. The predicted molar refractivity (Wildman–Crippen MR) is 116 cm³/mol. The highest BCUT2D eigenvalue weighted by Crippen LogP contribution is 2.38. The summed E-state index contributed by atoms with van der Waals surface area (Å²) in [7, 11) is 1.96. The standard InChI is InChI=1S/C23H31N5O4/c1-26-15-24-25-22(26)14-27-12-17-10-20(29)21(11-18(17)13-27)32-19-4-2-3-16(9-19)23(30)28-5-7-31-8-6-28/h2-4,9,15,17-18,20-21,29H,5-8,10-14H2,1H3/t17-,18+,20+,21+/m0/s1. The molecular weight excluding hydrogens is 410 g/mol. The largest absolute Gasteiger partial charge is 0.488 e. The summed E-state index contributed by atoms with van der Waals surface area (Å²) in [5.74, 6) is 2.54. The summed E-state index contributed by atoms with van der Waals surface area (Å²) in [4.78, 5) is 17.0. The van der Waals surface area contributed by atoms with E-state index in [2.05, 4.69) is 15.1 Å². The van der Waals surface area contributed by atoms with Crippen LogP contribution in [0.1, 0.15) is 29.0 Å². The van der Waals surface area contributed by atoms with Crippen LogP contribution in [0.2, 0.25) is 0 Å². The minimum Gasteiger partial charge on any atom is -0.488 e. The van der Waals surface area contributed by atoms with Crippen molar-refractivity contribution < 1.29 is 19.4 Å². The van der Waals surface area contributed by atoms with Crippen molar-refractivity contribution in [2.75, 3.05) is 39.4 Å². The first-order valence-electron chi connectivity index (χ1n) is 11.4. The fraction of sp³-hybridized carbons (Fsp3) is 0.609. The van der Waals surface area contributed by atoms with Gasteiger partial charge < -0.3 is 24.0 Å². The maximum absolute atomic E-state index is 12.8. The molecule has 1 saturated carbocycles. The van der Waals surface area contributed by atoms with Crippen molar-refractivity contribution in [1.29, 1.82) is 0 Å². The Kier molecular flexibility index (Phi) is 6.12. The van der Waals surface area contributed by atoms with Gasteiger partial charge >= 0.3 is 0 Å². The lowest BCUT2D eigenvalue weighted by Crippen LogP contribution is -2.42. The Morgan fingerprint density at radius 1 is 1.22 bits per heavy atom. The Morgan fingerprint density at radius 2 is 2.00 bits per heavy atom. The molecule has 3 heterocycles. The molecule has 5 rings (SSSR count). The van der Waals surface area contributed by atoms with Gasteiger partial charge in [0.1, 0.15) is 24.0 Å². The van der Waals surface area contributed by atoms with E-state index in [-0.39, 0.29) is 12.0 Å². The van der Waals surface area contributed by atoms with Crippen LogP contribution in [0, 0.1) is 11.8 Å². The van der Waals surface area contributed by atoms with Crippen molar-refractivity contribution >= 4 is 5.91 Å². The molecule has 0 unspecified atom stereocenters. The van der Waals surface area contributed by atoms with Gasteiger partial charge in [0.25, 0.3) is 5.91 Å². The molecule has 9 nitrogen and oxygen atoms in total. The van der Waals surface area contributed by atoms with Gasteiger partial charge in [-0.15, -0.1) is 10.2 Å². The average Bonchev–Trinajstić information content (AvgIpc) is 3.39. The maximum atomic E-state index is 12.8. The molecule has 1 aliphatic carbocycles. The molecule has 0 spiro atoms. The second-order valence-electron chi connectivity index (χ2n) is 9.20. The Labute approximate surface area is 187 Å². The summed E-state index contributed by atoms with van der Waals surface area (Å²) in [6.45, 7) is 5.08. The fourth-order valence-corrected chi connectivity index (χ4v) is 5.22. The average molecular weight is 442 g/mol. The van der Waals surface area contributed by atoms with E-state index >= 15 is 0 Å². The van der Waals surface area contributed by atoms with E-state index in [1.54, 1.807) is 12.4 Å². The number of morpholine rings is 1. The molecule has 3 fully saturated rings. The fourth-order valence-electron chi connectivity index (χ4n) is 5.22. The van der Waals surface area contributed by atoms with Crippen LogP contribution in [0.25, 0.3) is 0 Å². The molecule has 0 bridgehead atoms. The second-order valence-corrected chi connectivity index (χ2v) is 9.20. The number of aromatic nitrogens is 3. The highest BCUT2D eigenvalue weighted by molar-refractivity contribution is 5.94. The number of hydrogen-bond acceptors (Lipinski definition) is 7. The van der Waals surface area contributed by atoms with Crippen LogP contribution in [0.3, 0.4) is 0 Å². The van der Waals surface area contributed by atoms with Gasteiger partial charge in [-0.2, -0.15) is 0 Å². The number of benzene rings is 1. The molecule has 1 aromatic heterocycles. The zero-order valence-electron chi connectivity index (χ0n) is 18.5. The highest BCUT2D eigenvalue weighted by Gasteiger charge is 2.42. The summed E-state index contributed by atoms with van der Waals surface area (Å²) in [5.41, 5.74) is 0.614. The topological polar surface area (TPSA) is 93.0 Å². The quantitative estimate of drug-likeness (QED) is 0.738. The summed E-state index contributed by atoms with van der Waals surface area (Å²) < 4.78 is 13.5. The molecule has 1 aromatic carbocycles. The minimum atomic E-state index is -0.510. The van der Waals surface area contributed by atoms with Crippen molar-refractivity contribution in [1.82, 2.24) is 24.6 Å². The molecule has 4 atom stereocenters. The zero-order valence-corrected chi connectivity index (χ0v) is 18.5. The van der Waals surface area contributed by atoms with Gasteiger partial charge in [0.15, 0.2) is 0 Å². The molecule has 32 heavy (non-hydrogen) atoms. The van der Waals surface area contributed by atoms with Crippen molar-refractivity contribution in [3.05, 3.63) is 42.0 Å². The van der Waals surface area contributed by atoms with Crippen LogP contribution in [0.15, 0.2) is 30.6 Å². The van der Waals surface area contributed by atoms with Gasteiger partial charge in [0, 0.05) is 38.8 Å². The van der Waals surface area contributed by atoms with Crippen LogP contribution in [0.5, 0.6) is 5.75 Å². The monoisotopic (exact) mass is 441 g/mol. The van der Waals surface area contributed by atoms with Crippen LogP contribution in [-0.2, 0) is 18.3 Å². The molecule has 1 amide bonds. The SMILES string of the molecule is Cn1cnnc1CN1C[C@H]2C[C@@H](Oc3cccc(C(=O)N4CCOCC4)c3)[C@H](O)C[C@H]2C1. The summed E-state index contributed by atoms with van der Waals surface area (Å²) in [5, 5.41) is 19.0. The number of aliphatic hydroxyl groups excluding tert-OH is 1. The highest BCUT2D eigenvalue weighted by atomic mass is 16.5. The van der Waals surface area contributed by atoms with E-state index in [4.69, 9.17) is 9.47 Å². The van der Waals surface area contributed by atoms with Crippen molar-refractivity contribution in [2.24, 2.45) is 18.9 Å². The second kappa shape index (κ2) is 9.17. The zero-order chi connectivity index (χ0) is 22.1. The van der Waals surface area contributed by atoms with E-state index in [1.165, 1.54) is 0 Å². The Morgan fingerprint density at radius 3 is 2.75 bits per heavy atom. The molecule has 3 aliphatic rings.